The summed E-state index contributed by atoms with van der Waals surface area (Å²) in [5.41, 5.74) is 10.2. The number of amides is 2. The average Bonchev–Trinajstić information content (AvgIpc) is 2.31. The molecule has 0 saturated carbocycles. The topological polar surface area (TPSA) is 98.2 Å². The van der Waals surface area contributed by atoms with Gasteiger partial charge in [0.1, 0.15) is 6.04 Å². The Hall–Kier alpha value is -1.10. The van der Waals surface area contributed by atoms with E-state index in [4.69, 9.17) is 11.5 Å². The van der Waals surface area contributed by atoms with Crippen LogP contribution in [0.25, 0.3) is 0 Å². The van der Waals surface area contributed by atoms with E-state index in [0.29, 0.717) is 12.3 Å². The Morgan fingerprint density at radius 3 is 1.78 bits per heavy atom. The normalized spacial score (nSPS) is 10.4. The molecule has 0 aromatic heterocycles. The number of nitrogens with one attached hydrogen (secondary N) is 1. The molecule has 5 heteroatoms. The van der Waals surface area contributed by atoms with Gasteiger partial charge < -0.3 is 16.8 Å². The molecule has 0 bridgehead atoms. The number of hydrogen-bond donors (Lipinski definition) is 3. The molecule has 0 aliphatic rings. The highest BCUT2D eigenvalue weighted by molar-refractivity contribution is 5.87. The molecule has 18 heavy (non-hydrogen) atoms. The van der Waals surface area contributed by atoms with Gasteiger partial charge in [0.15, 0.2) is 0 Å². The van der Waals surface area contributed by atoms with Gasteiger partial charge in [0.25, 0.3) is 0 Å². The summed E-state index contributed by atoms with van der Waals surface area (Å²) in [7, 11) is 0. The van der Waals surface area contributed by atoms with Crippen LogP contribution in [0.1, 0.15) is 54.4 Å². The van der Waals surface area contributed by atoms with Crippen LogP contribution >= 0.6 is 0 Å². The first-order chi connectivity index (χ1) is 8.38. The van der Waals surface area contributed by atoms with Gasteiger partial charge in [-0.3, -0.25) is 9.59 Å². The monoisotopic (exact) mass is 261 g/mol. The van der Waals surface area contributed by atoms with Crippen molar-refractivity contribution in [1.82, 2.24) is 5.32 Å². The standard InChI is InChI=1S/C8H17N3O2.C3H8.C2H6/c1-5(2)3-6(8(10)13)11-7(12)4-9;1-3-2;1-2/h5-6H,3-4,9H2,1-2H3,(H2,10,13)(H,11,12);3H2,1-2H3;1-2H3/t6-;;/m0../s1. The molecule has 0 unspecified atom stereocenters. The van der Waals surface area contributed by atoms with E-state index in [1.165, 1.54) is 6.42 Å². The van der Waals surface area contributed by atoms with Gasteiger partial charge in [-0.05, 0) is 12.3 Å². The van der Waals surface area contributed by atoms with E-state index in [2.05, 4.69) is 19.2 Å². The zero-order valence-electron chi connectivity index (χ0n) is 12.7. The van der Waals surface area contributed by atoms with E-state index >= 15 is 0 Å². The van der Waals surface area contributed by atoms with Crippen molar-refractivity contribution in [2.45, 2.75) is 60.4 Å². The van der Waals surface area contributed by atoms with Crippen LogP contribution in [0.5, 0.6) is 0 Å². The average molecular weight is 261 g/mol. The summed E-state index contributed by atoms with van der Waals surface area (Å²) in [5, 5.41) is 2.46. The molecule has 0 aliphatic heterocycles. The van der Waals surface area contributed by atoms with Gasteiger partial charge in [0, 0.05) is 0 Å². The Morgan fingerprint density at radius 2 is 1.56 bits per heavy atom. The van der Waals surface area contributed by atoms with Crippen LogP contribution in [0, 0.1) is 5.92 Å². The van der Waals surface area contributed by atoms with E-state index < -0.39 is 11.9 Å². The third kappa shape index (κ3) is 17.3. The second-order valence-corrected chi connectivity index (χ2v) is 4.06. The van der Waals surface area contributed by atoms with E-state index in [0.717, 1.165) is 0 Å². The van der Waals surface area contributed by atoms with Crippen LogP contribution in [0.15, 0.2) is 0 Å². The molecule has 2 amide bonds. The van der Waals surface area contributed by atoms with Gasteiger partial charge in [-0.25, -0.2) is 0 Å². The van der Waals surface area contributed by atoms with Crippen LogP contribution in [-0.4, -0.2) is 24.4 Å². The number of primary amides is 1. The van der Waals surface area contributed by atoms with Gasteiger partial charge in [0.05, 0.1) is 6.54 Å². The Labute approximate surface area is 112 Å². The van der Waals surface area contributed by atoms with E-state index in [1.54, 1.807) is 0 Å². The van der Waals surface area contributed by atoms with E-state index in [1.807, 2.05) is 27.7 Å². The Morgan fingerprint density at radius 1 is 1.17 bits per heavy atom. The first-order valence-corrected chi connectivity index (χ1v) is 6.67. The maximum Gasteiger partial charge on any atom is 0.240 e. The molecule has 0 aromatic carbocycles. The lowest BCUT2D eigenvalue weighted by Gasteiger charge is -2.16. The molecule has 5 nitrogen and oxygen atoms in total. The molecule has 0 heterocycles. The first kappa shape index (κ1) is 22.1. The van der Waals surface area contributed by atoms with Gasteiger partial charge in [-0.2, -0.15) is 0 Å². The summed E-state index contributed by atoms with van der Waals surface area (Å²) < 4.78 is 0. The van der Waals surface area contributed by atoms with Gasteiger partial charge in [0.2, 0.25) is 11.8 Å². The number of carbonyl (C=O) groups is 2. The lowest BCUT2D eigenvalue weighted by molar-refractivity contribution is -0.126. The van der Waals surface area contributed by atoms with Gasteiger partial charge in [-0.15, -0.1) is 0 Å². The molecule has 0 radical (unpaired) electrons. The summed E-state index contributed by atoms with van der Waals surface area (Å²) in [6.07, 6.45) is 1.79. The number of hydrogen-bond acceptors (Lipinski definition) is 3. The van der Waals surface area contributed by atoms with Crippen molar-refractivity contribution in [3.63, 3.8) is 0 Å². The second-order valence-electron chi connectivity index (χ2n) is 4.06. The van der Waals surface area contributed by atoms with Crippen LogP contribution in [0.3, 0.4) is 0 Å². The minimum absolute atomic E-state index is 0.123. The predicted octanol–water partition coefficient (Wildman–Crippen LogP) is 1.40. The first-order valence-electron chi connectivity index (χ1n) is 6.67. The fourth-order valence-electron chi connectivity index (χ4n) is 0.971. The summed E-state index contributed by atoms with van der Waals surface area (Å²) in [4.78, 5) is 21.7. The van der Waals surface area contributed by atoms with Crippen LogP contribution < -0.4 is 16.8 Å². The predicted molar refractivity (Wildman–Crippen MR) is 76.9 cm³/mol. The highest BCUT2D eigenvalue weighted by Crippen LogP contribution is 2.03. The molecular formula is C13H31N3O2. The molecule has 1 atom stereocenters. The van der Waals surface area contributed by atoms with Crippen LogP contribution in [0.4, 0.5) is 0 Å². The molecular weight excluding hydrogens is 230 g/mol. The Bertz CT molecular complexity index is 206. The maximum absolute atomic E-state index is 10.9. The summed E-state index contributed by atoms with van der Waals surface area (Å²) in [6.45, 7) is 12.0. The molecule has 0 aliphatic carbocycles. The molecule has 0 spiro atoms. The minimum atomic E-state index is -0.601. The SMILES string of the molecule is CC.CC(C)C[C@H](NC(=O)CN)C(N)=O.CCC. The number of rotatable bonds is 5. The second kappa shape index (κ2) is 15.9. The van der Waals surface area contributed by atoms with E-state index in [9.17, 15) is 9.59 Å². The third-order valence-electron chi connectivity index (χ3n) is 1.57. The van der Waals surface area contributed by atoms with Crippen molar-refractivity contribution in [3.05, 3.63) is 0 Å². The Balaban J connectivity index is -0.000000389. The fraction of sp³-hybridized carbons (Fsp3) is 0.846. The molecule has 110 valence electrons. The minimum Gasteiger partial charge on any atom is -0.368 e. The van der Waals surface area contributed by atoms with Gasteiger partial charge >= 0.3 is 0 Å². The summed E-state index contributed by atoms with van der Waals surface area (Å²) in [6, 6.07) is -0.601. The molecule has 0 rings (SSSR count). The van der Waals surface area contributed by atoms with Crippen molar-refractivity contribution < 1.29 is 9.59 Å². The van der Waals surface area contributed by atoms with Crippen LogP contribution in [-0.2, 0) is 9.59 Å². The van der Waals surface area contributed by atoms with Crippen LogP contribution in [0.2, 0.25) is 0 Å². The molecule has 0 saturated heterocycles. The highest BCUT2D eigenvalue weighted by Gasteiger charge is 2.18. The highest BCUT2D eigenvalue weighted by atomic mass is 16.2. The van der Waals surface area contributed by atoms with E-state index in [-0.39, 0.29) is 12.5 Å². The lowest BCUT2D eigenvalue weighted by atomic mass is 10.0. The summed E-state index contributed by atoms with van der Waals surface area (Å²) in [5.74, 6) is -0.574. The largest absolute Gasteiger partial charge is 0.368 e. The van der Waals surface area contributed by atoms with Crippen molar-refractivity contribution in [2.75, 3.05) is 6.54 Å². The summed E-state index contributed by atoms with van der Waals surface area (Å²) >= 11 is 0. The van der Waals surface area contributed by atoms with Crippen molar-refractivity contribution in [3.8, 4) is 0 Å². The number of nitrogens with two attached hydrogens (primary N) is 2. The maximum atomic E-state index is 10.9. The smallest absolute Gasteiger partial charge is 0.240 e. The quantitative estimate of drug-likeness (QED) is 0.697. The molecule has 0 fully saturated rings. The Kier molecular flexibility index (Phi) is 19.5. The molecule has 0 aromatic rings. The third-order valence-corrected chi connectivity index (χ3v) is 1.57. The molecule has 5 N–H and O–H groups in total. The fourth-order valence-corrected chi connectivity index (χ4v) is 0.971. The van der Waals surface area contributed by atoms with Crippen molar-refractivity contribution in [2.24, 2.45) is 17.4 Å². The number of carbonyl (C=O) groups excluding carboxylic acids is 2. The zero-order valence-corrected chi connectivity index (χ0v) is 12.7. The van der Waals surface area contributed by atoms with Crippen molar-refractivity contribution >= 4 is 11.8 Å². The van der Waals surface area contributed by atoms with Gasteiger partial charge in [-0.1, -0.05) is 48.0 Å². The van der Waals surface area contributed by atoms with Crippen molar-refractivity contribution in [1.29, 1.82) is 0 Å². The lowest BCUT2D eigenvalue weighted by Crippen LogP contribution is -2.47. The zero-order chi connectivity index (χ0) is 15.1.